The van der Waals surface area contributed by atoms with Crippen LogP contribution in [0.2, 0.25) is 0 Å². The predicted molar refractivity (Wildman–Crippen MR) is 14.3 cm³/mol. The molecule has 0 rings (SSSR count). The van der Waals surface area contributed by atoms with E-state index in [1.165, 1.54) is 0 Å². The summed E-state index contributed by atoms with van der Waals surface area (Å²) in [5.41, 5.74) is 0. The molecule has 8 heteroatoms. The second-order valence-corrected chi connectivity index (χ2v) is 1.54. The third-order valence-electron chi connectivity index (χ3n) is 0. The van der Waals surface area contributed by atoms with E-state index >= 15 is 0 Å². The smallest absolute Gasteiger partial charge is 0.303 e. The van der Waals surface area contributed by atoms with Gasteiger partial charge < -0.3 is 14.7 Å². The Morgan fingerprint density at radius 2 is 1.12 bits per heavy atom. The number of phosphoric acid groups is 1. The van der Waals surface area contributed by atoms with Crippen LogP contribution >= 0.6 is 7.82 Å². The molecule has 0 spiro atoms. The number of rotatable bonds is 0. The first kappa shape index (κ1) is 22.5. The van der Waals surface area contributed by atoms with Crippen LogP contribution in [0.5, 0.6) is 0 Å². The summed E-state index contributed by atoms with van der Waals surface area (Å²) in [5, 5.41) is 0. The third-order valence-corrected chi connectivity index (χ3v) is 0. The van der Waals surface area contributed by atoms with E-state index in [2.05, 4.69) is 0 Å². The first-order chi connectivity index (χ1) is 2.00. The van der Waals surface area contributed by atoms with Crippen molar-refractivity contribution in [3.8, 4) is 0 Å². The summed E-state index contributed by atoms with van der Waals surface area (Å²) in [4.78, 5) is 21.6. The molecule has 8 heavy (non-hydrogen) atoms. The Morgan fingerprint density at radius 1 is 1.12 bits per heavy atom. The Hall–Kier alpha value is 2.01. The molecule has 4 nitrogen and oxygen atoms in total. The Morgan fingerprint density at radius 3 is 1.12 bits per heavy atom. The van der Waals surface area contributed by atoms with Crippen molar-refractivity contribution in [3.63, 3.8) is 0 Å². The van der Waals surface area contributed by atoms with E-state index in [9.17, 15) is 0 Å². The van der Waals surface area contributed by atoms with Crippen molar-refractivity contribution < 1.29 is 78.5 Å². The van der Waals surface area contributed by atoms with Gasteiger partial charge in [0.1, 0.15) is 0 Å². The zero-order valence-electron chi connectivity index (χ0n) is 3.42. The van der Waals surface area contributed by atoms with E-state index in [-0.39, 0.29) is 59.3 Å². The first-order valence-electron chi connectivity index (χ1n) is 0.783. The van der Waals surface area contributed by atoms with E-state index in [0.29, 0.717) is 0 Å². The molecular weight excluding hydrogens is 297 g/mol. The normalized spacial score (nSPS) is 7.38. The van der Waals surface area contributed by atoms with E-state index in [1.807, 2.05) is 0 Å². The summed E-state index contributed by atoms with van der Waals surface area (Å²) >= 11 is 0. The molecule has 3 N–H and O–H groups in total. The molecule has 0 unspecified atom stereocenters. The Labute approximate surface area is 85.7 Å². The predicted octanol–water partition coefficient (Wildman–Crippen LogP) is -0.936. The monoisotopic (exact) mass is 302 g/mol. The molecule has 0 atom stereocenters. The van der Waals surface area contributed by atoms with Crippen LogP contribution < -0.4 is 0 Å². The summed E-state index contributed by atoms with van der Waals surface area (Å²) in [6, 6.07) is 0. The molecule has 0 aliphatic heterocycles. The third kappa shape index (κ3) is 97.6. The fourth-order valence-corrected chi connectivity index (χ4v) is 0. The molecule has 0 aromatic heterocycles. The van der Waals surface area contributed by atoms with Gasteiger partial charge in [-0.1, -0.05) is 0 Å². The molecule has 0 aromatic rings. The van der Waals surface area contributed by atoms with Gasteiger partial charge in [-0.05, 0) is 0 Å². The molecule has 0 saturated heterocycles. The summed E-state index contributed by atoms with van der Waals surface area (Å²) < 4.78 is 8.88. The molecule has 0 fully saturated rings. The van der Waals surface area contributed by atoms with Gasteiger partial charge in [-0.15, -0.1) is 0 Å². The molecule has 0 saturated carbocycles. The van der Waals surface area contributed by atoms with Crippen LogP contribution in [-0.4, -0.2) is 14.7 Å². The maximum absolute atomic E-state index is 8.88. The van der Waals surface area contributed by atoms with Crippen molar-refractivity contribution >= 4 is 7.82 Å². The zero-order chi connectivity index (χ0) is 4.50. The van der Waals surface area contributed by atoms with Gasteiger partial charge in [0, 0.05) is 59.3 Å². The number of hydrogen-bond donors (Lipinski definition) is 3. The Kier molecular flexibility index (Phi) is 25.3. The second kappa shape index (κ2) is 9.01. The largest absolute Gasteiger partial charge is 0.466 e. The maximum Gasteiger partial charge on any atom is 0.466 e. The van der Waals surface area contributed by atoms with E-state index in [0.717, 1.165) is 0 Å². The van der Waals surface area contributed by atoms with Gasteiger partial charge in [0.2, 0.25) is 0 Å². The zero-order valence-corrected chi connectivity index (χ0v) is 8.87. The summed E-state index contributed by atoms with van der Waals surface area (Å²) in [7, 11) is -4.64. The van der Waals surface area contributed by atoms with Gasteiger partial charge >= 0.3 is 7.82 Å². The Bertz CT molecular complexity index is 62.2. The first-order valence-corrected chi connectivity index (χ1v) is 2.35. The maximum atomic E-state index is 8.88. The van der Waals surface area contributed by atoms with E-state index in [1.54, 1.807) is 0 Å². The molecule has 0 amide bonds. The minimum atomic E-state index is -4.64. The van der Waals surface area contributed by atoms with Gasteiger partial charge in [-0.2, -0.15) is 0 Å². The van der Waals surface area contributed by atoms with Crippen LogP contribution in [0, 0.1) is 0 Å². The van der Waals surface area contributed by atoms with Crippen molar-refractivity contribution in [1.82, 2.24) is 0 Å². The fraction of sp³-hybridized carbons (Fsp3) is 0. The van der Waals surface area contributed by atoms with Crippen LogP contribution in [0.1, 0.15) is 0 Å². The van der Waals surface area contributed by atoms with E-state index in [4.69, 9.17) is 19.2 Å². The summed E-state index contributed by atoms with van der Waals surface area (Å²) in [5.74, 6) is 0. The molecule has 52 valence electrons. The van der Waals surface area contributed by atoms with Gasteiger partial charge in [0.05, 0.1) is 0 Å². The quantitative estimate of drug-likeness (QED) is 0.399. The van der Waals surface area contributed by atoms with Crippen LogP contribution in [0.3, 0.4) is 0 Å². The second-order valence-electron chi connectivity index (χ2n) is 0.513. The summed E-state index contributed by atoms with van der Waals surface area (Å²) in [6.45, 7) is 0. The molecule has 0 bridgehead atoms. The minimum Gasteiger partial charge on any atom is -0.303 e. The molecular formula is H3MoNiO4PTi. The molecule has 0 radical (unpaired) electrons. The fourth-order valence-electron chi connectivity index (χ4n) is 0. The number of hydrogen-bond acceptors (Lipinski definition) is 1. The van der Waals surface area contributed by atoms with Crippen molar-refractivity contribution in [1.29, 1.82) is 0 Å². The summed E-state index contributed by atoms with van der Waals surface area (Å²) in [6.07, 6.45) is 0. The Balaban J connectivity index is -0.0000000267. The topological polar surface area (TPSA) is 77.8 Å². The molecule has 0 aliphatic rings. The van der Waals surface area contributed by atoms with Gasteiger partial charge in [-0.25, -0.2) is 4.57 Å². The standard InChI is InChI=1S/Mo.Ni.H3O4P.Ti/c;;1-5(2,3)4;/h;;(H3,1,2,3,4);. The average Bonchev–Trinajstić information content (AvgIpc) is 0.722. The van der Waals surface area contributed by atoms with Gasteiger partial charge in [0.15, 0.2) is 0 Å². The van der Waals surface area contributed by atoms with Gasteiger partial charge in [0.25, 0.3) is 0 Å². The van der Waals surface area contributed by atoms with Crippen LogP contribution in [0.15, 0.2) is 0 Å². The van der Waals surface area contributed by atoms with Crippen molar-refractivity contribution in [2.75, 3.05) is 0 Å². The van der Waals surface area contributed by atoms with Crippen LogP contribution in [-0.2, 0) is 63.8 Å². The average molecular weight is 300 g/mol. The van der Waals surface area contributed by atoms with E-state index < -0.39 is 7.82 Å². The minimum absolute atomic E-state index is 0. The van der Waals surface area contributed by atoms with Crippen molar-refractivity contribution in [2.45, 2.75) is 0 Å². The van der Waals surface area contributed by atoms with Gasteiger partial charge in [-0.3, -0.25) is 0 Å². The molecule has 0 aromatic carbocycles. The van der Waals surface area contributed by atoms with Crippen molar-refractivity contribution in [2.24, 2.45) is 0 Å². The molecule has 0 heterocycles. The SMILES string of the molecule is O=P(O)(O)O.[Mo].[Ni].[Ti]. The molecule has 0 aliphatic carbocycles. The van der Waals surface area contributed by atoms with Crippen LogP contribution in [0.25, 0.3) is 0 Å². The van der Waals surface area contributed by atoms with Crippen molar-refractivity contribution in [3.05, 3.63) is 0 Å². The van der Waals surface area contributed by atoms with Crippen LogP contribution in [0.4, 0.5) is 0 Å².